The molecular weight excluding hydrogens is 260 g/mol. The van der Waals surface area contributed by atoms with E-state index in [1.54, 1.807) is 12.4 Å². The van der Waals surface area contributed by atoms with E-state index in [1.165, 1.54) is 19.3 Å². The highest BCUT2D eigenvalue weighted by Gasteiger charge is 2.34. The van der Waals surface area contributed by atoms with Crippen molar-refractivity contribution in [3.8, 4) is 0 Å². The molecule has 104 valence electrons. The van der Waals surface area contributed by atoms with Crippen LogP contribution >= 0.6 is 11.6 Å². The summed E-state index contributed by atoms with van der Waals surface area (Å²) in [6.45, 7) is 6.08. The topological polar surface area (TPSA) is 33.2 Å². The first kappa shape index (κ1) is 14.5. The maximum Gasteiger partial charge on any atom is 0.156 e. The summed E-state index contributed by atoms with van der Waals surface area (Å²) in [6, 6.07) is 1.83. The molecule has 0 N–H and O–H groups in total. The summed E-state index contributed by atoms with van der Waals surface area (Å²) in [7, 11) is 0. The summed E-state index contributed by atoms with van der Waals surface area (Å²) in [5, 5.41) is 0.574. The Bertz CT molecular complexity index is 453. The van der Waals surface area contributed by atoms with Crippen LogP contribution in [0.5, 0.6) is 0 Å². The molecule has 1 fully saturated rings. The first-order chi connectivity index (χ1) is 9.01. The highest BCUT2D eigenvalue weighted by Crippen LogP contribution is 2.24. The third kappa shape index (κ3) is 3.34. The number of carbonyl (C=O) groups excluding carboxylic acids is 1. The van der Waals surface area contributed by atoms with Crippen LogP contribution in [0.1, 0.15) is 38.7 Å². The minimum Gasteiger partial charge on any atom is -0.297 e. The van der Waals surface area contributed by atoms with Gasteiger partial charge in [0.25, 0.3) is 0 Å². The number of ketones is 1. The van der Waals surface area contributed by atoms with Gasteiger partial charge in [-0.15, -0.1) is 0 Å². The quantitative estimate of drug-likeness (QED) is 0.850. The van der Waals surface area contributed by atoms with Gasteiger partial charge in [-0.25, -0.2) is 0 Å². The summed E-state index contributed by atoms with van der Waals surface area (Å²) in [6.07, 6.45) is 7.31. The molecule has 4 heteroatoms. The normalized spacial score (nSPS) is 17.4. The lowest BCUT2D eigenvalue weighted by Crippen LogP contribution is -2.52. The molecule has 0 radical (unpaired) electrons. The fourth-order valence-corrected chi connectivity index (χ4v) is 2.75. The molecule has 19 heavy (non-hydrogen) atoms. The summed E-state index contributed by atoms with van der Waals surface area (Å²) >= 11 is 6.08. The van der Waals surface area contributed by atoms with Crippen molar-refractivity contribution in [3.63, 3.8) is 0 Å². The number of Topliss-reactive ketones (excluding diaryl/α,β-unsaturated/α-hetero) is 1. The predicted octanol–water partition coefficient (Wildman–Crippen LogP) is 3.11. The lowest BCUT2D eigenvalue weighted by atomic mass is 9.90. The molecule has 1 saturated heterocycles. The molecular formula is C15H21ClN2O. The van der Waals surface area contributed by atoms with Gasteiger partial charge < -0.3 is 0 Å². The maximum absolute atomic E-state index is 12.6. The lowest BCUT2D eigenvalue weighted by Gasteiger charge is -2.39. The Morgan fingerprint density at radius 2 is 2.05 bits per heavy atom. The second kappa shape index (κ2) is 6.02. The number of hydrogen-bond donors (Lipinski definition) is 0. The van der Waals surface area contributed by atoms with Crippen molar-refractivity contribution in [2.24, 2.45) is 0 Å². The molecule has 3 nitrogen and oxygen atoms in total. The van der Waals surface area contributed by atoms with Crippen molar-refractivity contribution in [2.45, 2.75) is 45.1 Å². The second-order valence-electron chi connectivity index (χ2n) is 5.67. The Kier molecular flexibility index (Phi) is 4.58. The maximum atomic E-state index is 12.6. The van der Waals surface area contributed by atoms with Crippen molar-refractivity contribution in [3.05, 3.63) is 29.0 Å². The van der Waals surface area contributed by atoms with Crippen molar-refractivity contribution in [2.75, 3.05) is 13.1 Å². The molecule has 0 atom stereocenters. The summed E-state index contributed by atoms with van der Waals surface area (Å²) in [5.74, 6) is 0.225. The van der Waals surface area contributed by atoms with E-state index in [9.17, 15) is 4.79 Å². The number of carbonyl (C=O) groups is 1. The van der Waals surface area contributed by atoms with Gasteiger partial charge in [0.05, 0.1) is 10.6 Å². The molecule has 1 aliphatic rings. The average Bonchev–Trinajstić information content (AvgIpc) is 2.42. The van der Waals surface area contributed by atoms with Crippen molar-refractivity contribution in [1.29, 1.82) is 0 Å². The van der Waals surface area contributed by atoms with Gasteiger partial charge in [0.15, 0.2) is 5.78 Å². The zero-order valence-corrected chi connectivity index (χ0v) is 12.4. The minimum absolute atomic E-state index is 0.225. The fraction of sp³-hybridized carbons (Fsp3) is 0.600. The molecule has 2 rings (SSSR count). The SMILES string of the molecule is CC(C)(C(=O)Cc1ccncc1Cl)N1CCCCC1. The van der Waals surface area contributed by atoms with Crippen LogP contribution < -0.4 is 0 Å². The number of pyridine rings is 1. The third-order valence-corrected chi connectivity index (χ3v) is 4.38. The highest BCUT2D eigenvalue weighted by molar-refractivity contribution is 6.31. The number of hydrogen-bond acceptors (Lipinski definition) is 3. The van der Waals surface area contributed by atoms with Gasteiger partial charge in [-0.2, -0.15) is 0 Å². The van der Waals surface area contributed by atoms with E-state index in [0.29, 0.717) is 11.4 Å². The fourth-order valence-electron chi connectivity index (χ4n) is 2.57. The summed E-state index contributed by atoms with van der Waals surface area (Å²) in [4.78, 5) is 18.8. The molecule has 0 bridgehead atoms. The second-order valence-corrected chi connectivity index (χ2v) is 6.08. The zero-order valence-electron chi connectivity index (χ0n) is 11.7. The van der Waals surface area contributed by atoms with Gasteiger partial charge in [0.1, 0.15) is 0 Å². The number of halogens is 1. The van der Waals surface area contributed by atoms with Crippen molar-refractivity contribution >= 4 is 17.4 Å². The predicted molar refractivity (Wildman–Crippen MR) is 77.5 cm³/mol. The molecule has 0 amide bonds. The molecule has 2 heterocycles. The third-order valence-electron chi connectivity index (χ3n) is 4.04. The molecule has 0 aliphatic carbocycles. The van der Waals surface area contributed by atoms with Crippen LogP contribution in [-0.4, -0.2) is 34.3 Å². The molecule has 1 aromatic heterocycles. The number of aromatic nitrogens is 1. The van der Waals surface area contributed by atoms with E-state index in [-0.39, 0.29) is 5.78 Å². The zero-order chi connectivity index (χ0) is 13.9. The Hall–Kier alpha value is -0.930. The number of piperidine rings is 1. The van der Waals surface area contributed by atoms with Crippen molar-refractivity contribution < 1.29 is 4.79 Å². The first-order valence-corrected chi connectivity index (χ1v) is 7.26. The Labute approximate surface area is 120 Å². The van der Waals surface area contributed by atoms with Crippen LogP contribution in [0.15, 0.2) is 18.5 Å². The Morgan fingerprint density at radius 1 is 1.37 bits per heavy atom. The van der Waals surface area contributed by atoms with Crippen LogP contribution in [0.3, 0.4) is 0 Å². The van der Waals surface area contributed by atoms with Crippen LogP contribution in [0.25, 0.3) is 0 Å². The monoisotopic (exact) mass is 280 g/mol. The smallest absolute Gasteiger partial charge is 0.156 e. The van der Waals surface area contributed by atoms with E-state index in [2.05, 4.69) is 9.88 Å². The van der Waals surface area contributed by atoms with E-state index in [4.69, 9.17) is 11.6 Å². The molecule has 1 aliphatic heterocycles. The molecule has 0 aromatic carbocycles. The Balaban J connectivity index is 2.08. The molecule has 1 aromatic rings. The minimum atomic E-state index is -0.410. The van der Waals surface area contributed by atoms with E-state index < -0.39 is 5.54 Å². The summed E-state index contributed by atoms with van der Waals surface area (Å²) < 4.78 is 0. The standard InChI is InChI=1S/C15H21ClN2O/c1-15(2,18-8-4-3-5-9-18)14(19)10-12-6-7-17-11-13(12)16/h6-7,11H,3-5,8-10H2,1-2H3. The van der Waals surface area contributed by atoms with Gasteiger partial charge in [-0.1, -0.05) is 18.0 Å². The first-order valence-electron chi connectivity index (χ1n) is 6.88. The van der Waals surface area contributed by atoms with Crippen LogP contribution in [0.4, 0.5) is 0 Å². The van der Waals surface area contributed by atoms with Crippen LogP contribution in [-0.2, 0) is 11.2 Å². The number of nitrogens with zero attached hydrogens (tertiary/aromatic N) is 2. The molecule has 0 unspecified atom stereocenters. The average molecular weight is 281 g/mol. The largest absolute Gasteiger partial charge is 0.297 e. The van der Waals surface area contributed by atoms with E-state index >= 15 is 0 Å². The van der Waals surface area contributed by atoms with Crippen molar-refractivity contribution in [1.82, 2.24) is 9.88 Å². The van der Waals surface area contributed by atoms with Crippen LogP contribution in [0, 0.1) is 0 Å². The molecule has 0 spiro atoms. The van der Waals surface area contributed by atoms with Gasteiger partial charge in [0.2, 0.25) is 0 Å². The van der Waals surface area contributed by atoms with E-state index in [1.807, 2.05) is 19.9 Å². The molecule has 0 saturated carbocycles. The lowest BCUT2D eigenvalue weighted by molar-refractivity contribution is -0.129. The van der Waals surface area contributed by atoms with Gasteiger partial charge in [-0.05, 0) is 51.4 Å². The number of likely N-dealkylation sites (tertiary alicyclic amines) is 1. The summed E-state index contributed by atoms with van der Waals surface area (Å²) in [5.41, 5.74) is 0.458. The highest BCUT2D eigenvalue weighted by atomic mass is 35.5. The van der Waals surface area contributed by atoms with Gasteiger partial charge in [-0.3, -0.25) is 14.7 Å². The van der Waals surface area contributed by atoms with Gasteiger partial charge in [0, 0.05) is 18.8 Å². The van der Waals surface area contributed by atoms with Crippen LogP contribution in [0.2, 0.25) is 5.02 Å². The number of rotatable bonds is 4. The Morgan fingerprint density at radius 3 is 2.68 bits per heavy atom. The van der Waals surface area contributed by atoms with Gasteiger partial charge >= 0.3 is 0 Å². The van der Waals surface area contributed by atoms with E-state index in [0.717, 1.165) is 18.7 Å².